The molecule has 5 nitrogen and oxygen atoms in total. The van der Waals surface area contributed by atoms with Crippen LogP contribution in [0.25, 0.3) is 0 Å². The van der Waals surface area contributed by atoms with Crippen LogP contribution >= 0.6 is 0 Å². The van der Waals surface area contributed by atoms with Crippen LogP contribution in [0.5, 0.6) is 0 Å². The zero-order chi connectivity index (χ0) is 18.3. The summed E-state index contributed by atoms with van der Waals surface area (Å²) in [5.41, 5.74) is 2.35. The van der Waals surface area contributed by atoms with E-state index in [0.717, 1.165) is 24.0 Å². The van der Waals surface area contributed by atoms with Crippen LogP contribution in [0.4, 0.5) is 0 Å². The topological polar surface area (TPSA) is 75.3 Å². The second-order valence-corrected chi connectivity index (χ2v) is 7.55. The Labute approximate surface area is 149 Å². The van der Waals surface area contributed by atoms with Gasteiger partial charge in [0.2, 0.25) is 10.0 Å². The lowest BCUT2D eigenvalue weighted by Crippen LogP contribution is -2.25. The molecular weight excluding hydrogens is 336 g/mol. The lowest BCUT2D eigenvalue weighted by atomic mass is 10.1. The van der Waals surface area contributed by atoms with Crippen LogP contribution in [0, 0.1) is 0 Å². The van der Waals surface area contributed by atoms with Crippen molar-refractivity contribution < 1.29 is 13.2 Å². The van der Waals surface area contributed by atoms with Crippen LogP contribution in [0.2, 0.25) is 0 Å². The zero-order valence-electron chi connectivity index (χ0n) is 14.6. The van der Waals surface area contributed by atoms with E-state index < -0.39 is 10.0 Å². The summed E-state index contributed by atoms with van der Waals surface area (Å²) < 4.78 is 27.3. The van der Waals surface area contributed by atoms with Crippen molar-refractivity contribution in [3.63, 3.8) is 0 Å². The molecule has 0 bridgehead atoms. The molecule has 6 heteroatoms. The van der Waals surface area contributed by atoms with Gasteiger partial charge in [0, 0.05) is 18.7 Å². The zero-order valence-corrected chi connectivity index (χ0v) is 15.4. The molecule has 2 aromatic rings. The van der Waals surface area contributed by atoms with Crippen molar-refractivity contribution in [1.29, 1.82) is 0 Å². The van der Waals surface area contributed by atoms with Crippen LogP contribution in [0.3, 0.4) is 0 Å². The second kappa shape index (κ2) is 8.78. The minimum atomic E-state index is -3.58. The van der Waals surface area contributed by atoms with Gasteiger partial charge in [-0.25, -0.2) is 13.1 Å². The van der Waals surface area contributed by atoms with Gasteiger partial charge in [0.1, 0.15) is 0 Å². The van der Waals surface area contributed by atoms with Crippen molar-refractivity contribution in [2.75, 3.05) is 6.54 Å². The SMILES string of the molecule is CCCNC(=O)c1cccc(CNS(=O)(=O)c2ccc(CC)cc2)c1. The van der Waals surface area contributed by atoms with Crippen molar-refractivity contribution >= 4 is 15.9 Å². The lowest BCUT2D eigenvalue weighted by molar-refractivity contribution is 0.0953. The first-order valence-electron chi connectivity index (χ1n) is 8.42. The molecule has 0 heterocycles. The molecular formula is C19H24N2O3S. The molecule has 0 spiro atoms. The second-order valence-electron chi connectivity index (χ2n) is 5.78. The molecule has 2 rings (SSSR count). The highest BCUT2D eigenvalue weighted by Crippen LogP contribution is 2.12. The molecule has 0 saturated carbocycles. The van der Waals surface area contributed by atoms with Gasteiger partial charge in [-0.2, -0.15) is 0 Å². The summed E-state index contributed by atoms with van der Waals surface area (Å²) in [5, 5.41) is 2.81. The van der Waals surface area contributed by atoms with Crippen molar-refractivity contribution in [2.24, 2.45) is 0 Å². The fourth-order valence-corrected chi connectivity index (χ4v) is 3.35. The van der Waals surface area contributed by atoms with Crippen molar-refractivity contribution in [1.82, 2.24) is 10.0 Å². The summed E-state index contributed by atoms with van der Waals surface area (Å²) in [6.45, 7) is 4.75. The lowest BCUT2D eigenvalue weighted by Gasteiger charge is -2.09. The number of nitrogens with one attached hydrogen (secondary N) is 2. The molecule has 0 atom stereocenters. The Bertz CT molecular complexity index is 815. The van der Waals surface area contributed by atoms with Crippen molar-refractivity contribution in [2.45, 2.75) is 38.1 Å². The third-order valence-electron chi connectivity index (χ3n) is 3.83. The monoisotopic (exact) mass is 360 g/mol. The van der Waals surface area contributed by atoms with E-state index in [4.69, 9.17) is 0 Å². The average molecular weight is 360 g/mol. The Morgan fingerprint density at radius 2 is 1.72 bits per heavy atom. The highest BCUT2D eigenvalue weighted by atomic mass is 32.2. The number of amides is 1. The van der Waals surface area contributed by atoms with Crippen LogP contribution < -0.4 is 10.0 Å². The third-order valence-corrected chi connectivity index (χ3v) is 5.25. The fraction of sp³-hybridized carbons (Fsp3) is 0.316. The average Bonchev–Trinajstić information content (AvgIpc) is 2.64. The molecule has 0 aliphatic heterocycles. The van der Waals surface area contributed by atoms with Crippen LogP contribution in [-0.4, -0.2) is 20.9 Å². The van der Waals surface area contributed by atoms with Crippen LogP contribution in [0.1, 0.15) is 41.8 Å². The maximum absolute atomic E-state index is 12.4. The van der Waals surface area contributed by atoms with E-state index in [9.17, 15) is 13.2 Å². The number of sulfonamides is 1. The number of aryl methyl sites for hydroxylation is 1. The van der Waals surface area contributed by atoms with Gasteiger partial charge in [0.25, 0.3) is 5.91 Å². The number of carbonyl (C=O) groups excluding carboxylic acids is 1. The molecule has 1 amide bonds. The summed E-state index contributed by atoms with van der Waals surface area (Å²) in [7, 11) is -3.58. The standard InChI is InChI=1S/C19H24N2O3S/c1-3-12-20-19(22)17-7-5-6-16(13-17)14-21-25(23,24)18-10-8-15(4-2)9-11-18/h5-11,13,21H,3-4,12,14H2,1-2H3,(H,20,22). The summed E-state index contributed by atoms with van der Waals surface area (Å²) in [4.78, 5) is 12.2. The number of rotatable bonds is 8. The predicted molar refractivity (Wildman–Crippen MR) is 98.9 cm³/mol. The Morgan fingerprint density at radius 3 is 2.36 bits per heavy atom. The summed E-state index contributed by atoms with van der Waals surface area (Å²) in [6, 6.07) is 13.8. The van der Waals surface area contributed by atoms with Gasteiger partial charge in [0.15, 0.2) is 0 Å². The van der Waals surface area contributed by atoms with Gasteiger partial charge < -0.3 is 5.32 Å². The quantitative estimate of drug-likeness (QED) is 0.760. The molecule has 0 radical (unpaired) electrons. The maximum atomic E-state index is 12.4. The number of carbonyl (C=O) groups is 1. The minimum absolute atomic E-state index is 0.132. The van der Waals surface area contributed by atoms with Gasteiger partial charge in [0.05, 0.1) is 4.90 Å². The molecule has 0 aliphatic carbocycles. The fourth-order valence-electron chi connectivity index (χ4n) is 2.33. The minimum Gasteiger partial charge on any atom is -0.352 e. The van der Waals surface area contributed by atoms with E-state index in [2.05, 4.69) is 10.0 Å². The van der Waals surface area contributed by atoms with E-state index in [-0.39, 0.29) is 17.3 Å². The van der Waals surface area contributed by atoms with Gasteiger partial charge in [-0.1, -0.05) is 38.1 Å². The third kappa shape index (κ3) is 5.41. The number of benzene rings is 2. The summed E-state index contributed by atoms with van der Waals surface area (Å²) >= 11 is 0. The van der Waals surface area contributed by atoms with Gasteiger partial charge in [-0.3, -0.25) is 4.79 Å². The Balaban J connectivity index is 2.05. The van der Waals surface area contributed by atoms with Gasteiger partial charge >= 0.3 is 0 Å². The molecule has 134 valence electrons. The number of hydrogen-bond donors (Lipinski definition) is 2. The maximum Gasteiger partial charge on any atom is 0.251 e. The predicted octanol–water partition coefficient (Wildman–Crippen LogP) is 2.87. The Kier molecular flexibility index (Phi) is 6.73. The highest BCUT2D eigenvalue weighted by Gasteiger charge is 2.14. The first kappa shape index (κ1) is 19.1. The summed E-state index contributed by atoms with van der Waals surface area (Å²) in [5.74, 6) is -0.151. The molecule has 0 aromatic heterocycles. The molecule has 2 aromatic carbocycles. The highest BCUT2D eigenvalue weighted by molar-refractivity contribution is 7.89. The molecule has 0 unspecified atom stereocenters. The largest absolute Gasteiger partial charge is 0.352 e. The smallest absolute Gasteiger partial charge is 0.251 e. The molecule has 0 saturated heterocycles. The first-order valence-corrected chi connectivity index (χ1v) is 9.90. The molecule has 25 heavy (non-hydrogen) atoms. The Morgan fingerprint density at radius 1 is 1.00 bits per heavy atom. The van der Waals surface area contributed by atoms with E-state index in [0.29, 0.717) is 12.1 Å². The normalized spacial score (nSPS) is 11.3. The Hall–Kier alpha value is -2.18. The molecule has 2 N–H and O–H groups in total. The van der Waals surface area contributed by atoms with E-state index in [1.165, 1.54) is 0 Å². The van der Waals surface area contributed by atoms with Crippen molar-refractivity contribution in [3.05, 3.63) is 65.2 Å². The number of hydrogen-bond acceptors (Lipinski definition) is 3. The summed E-state index contributed by atoms with van der Waals surface area (Å²) in [6.07, 6.45) is 1.72. The van der Waals surface area contributed by atoms with E-state index >= 15 is 0 Å². The van der Waals surface area contributed by atoms with Crippen molar-refractivity contribution in [3.8, 4) is 0 Å². The molecule has 0 aliphatic rings. The van der Waals surface area contributed by atoms with E-state index in [1.807, 2.05) is 26.0 Å². The first-order chi connectivity index (χ1) is 12.0. The molecule has 0 fully saturated rings. The van der Waals surface area contributed by atoms with Gasteiger partial charge in [-0.05, 0) is 48.2 Å². The van der Waals surface area contributed by atoms with Crippen LogP contribution in [0.15, 0.2) is 53.4 Å². The van der Waals surface area contributed by atoms with E-state index in [1.54, 1.807) is 36.4 Å². The van der Waals surface area contributed by atoms with Gasteiger partial charge in [-0.15, -0.1) is 0 Å². The van der Waals surface area contributed by atoms with Crippen LogP contribution in [-0.2, 0) is 23.0 Å².